The molecular weight excluding hydrogens is 657 g/mol. The number of unbranched alkanes of at least 4 members (excludes halogenated alkanes) is 14. The molecule has 1 aliphatic heterocycles. The van der Waals surface area contributed by atoms with Gasteiger partial charge in [-0.25, -0.2) is 9.57 Å². The molecule has 1 fully saturated rings. The first-order valence-corrected chi connectivity index (χ1v) is 25.6. The van der Waals surface area contributed by atoms with Gasteiger partial charge in [-0.05, 0) is 12.8 Å². The Morgan fingerprint density at radius 1 is 0.646 bits per heavy atom. The molecule has 2 amide bonds. The lowest BCUT2D eigenvalue weighted by atomic mass is 10.1. The highest BCUT2D eigenvalue weighted by Crippen LogP contribution is 2.28. The normalized spacial score (nSPS) is 13.1. The molecule has 48 heavy (non-hydrogen) atoms. The van der Waals surface area contributed by atoms with Crippen molar-refractivity contribution in [3.05, 3.63) is 0 Å². The van der Waals surface area contributed by atoms with Crippen molar-refractivity contribution >= 4 is 52.3 Å². The van der Waals surface area contributed by atoms with Crippen LogP contribution in [0.15, 0.2) is 0 Å². The molecule has 0 radical (unpaired) electrons. The first-order chi connectivity index (χ1) is 22.1. The molecule has 0 saturated carbocycles. The Morgan fingerprint density at radius 3 is 1.25 bits per heavy atom. The van der Waals surface area contributed by atoms with Crippen LogP contribution in [0.4, 0.5) is 0 Å². The van der Waals surface area contributed by atoms with E-state index >= 15 is 0 Å². The van der Waals surface area contributed by atoms with Gasteiger partial charge in [-0.2, -0.15) is 0 Å². The molecule has 1 saturated heterocycles. The Bertz CT molecular complexity index is 855. The fraction of sp³-hybridized carbons (Fsp3) is 0.892. The van der Waals surface area contributed by atoms with Gasteiger partial charge < -0.3 is 9.94 Å². The van der Waals surface area contributed by atoms with E-state index < -0.39 is 39.9 Å². The number of carboxylic acid groups (broad SMARTS) is 1. The lowest BCUT2D eigenvalue weighted by Gasteiger charge is -2.26. The summed E-state index contributed by atoms with van der Waals surface area (Å²) in [5.74, 6) is -1.96. The molecule has 2 N–H and O–H groups in total. The Kier molecular flexibility index (Phi) is 32.2. The molecule has 0 bridgehead atoms. The minimum Gasteiger partial charge on any atom is -0.481 e. The van der Waals surface area contributed by atoms with Gasteiger partial charge in [0.25, 0.3) is 11.8 Å². The number of carbonyl (C=O) groups excluding carboxylic acids is 3. The van der Waals surface area contributed by atoms with Crippen molar-refractivity contribution in [2.75, 3.05) is 0 Å². The predicted octanol–water partition coefficient (Wildman–Crippen LogP) is 11.9. The summed E-state index contributed by atoms with van der Waals surface area (Å²) in [5, 5.41) is 9.15. The van der Waals surface area contributed by atoms with E-state index in [1.807, 2.05) is 0 Å². The zero-order valence-electron chi connectivity index (χ0n) is 31.6. The minimum absolute atomic E-state index is 0. The maximum Gasteiger partial charge on any atom is 0.333 e. The molecule has 1 rings (SSSR count). The van der Waals surface area contributed by atoms with Gasteiger partial charge in [0, 0.05) is 54.3 Å². The summed E-state index contributed by atoms with van der Waals surface area (Å²) in [7, 11) is -1.92. The molecule has 1 heterocycles. The fourth-order valence-electron chi connectivity index (χ4n) is 5.21. The smallest absolute Gasteiger partial charge is 0.333 e. The van der Waals surface area contributed by atoms with Gasteiger partial charge in [0.15, 0.2) is 0 Å². The van der Waals surface area contributed by atoms with E-state index in [1.165, 1.54) is 82.7 Å². The van der Waals surface area contributed by atoms with Crippen LogP contribution in [-0.2, 0) is 36.4 Å². The Labute approximate surface area is 303 Å². The van der Waals surface area contributed by atoms with Gasteiger partial charge in [-0.3, -0.25) is 14.4 Å². The van der Waals surface area contributed by atoms with Crippen molar-refractivity contribution in [2.45, 2.75) is 213 Å². The van der Waals surface area contributed by atoms with Crippen molar-refractivity contribution in [1.82, 2.24) is 5.06 Å². The van der Waals surface area contributed by atoms with Gasteiger partial charge in [-0.15, -0.1) is 5.06 Å². The van der Waals surface area contributed by atoms with Crippen molar-refractivity contribution in [2.24, 2.45) is 0 Å². The molecule has 0 aromatic carbocycles. The highest BCUT2D eigenvalue weighted by atomic mass is 32.1. The highest BCUT2D eigenvalue weighted by Gasteiger charge is 2.32. The number of carbonyl (C=O) groups is 4. The molecule has 0 aliphatic carbocycles. The molecule has 0 spiro atoms. The van der Waals surface area contributed by atoms with Gasteiger partial charge in [-0.1, -0.05) is 174 Å². The molecule has 1 aliphatic rings. The zero-order chi connectivity index (χ0) is 36.3. The third kappa shape index (κ3) is 27.4. The Hall–Kier alpha value is -1.47. The van der Waals surface area contributed by atoms with E-state index in [1.54, 1.807) is 0 Å². The van der Waals surface area contributed by atoms with Crippen LogP contribution in [0.2, 0.25) is 49.4 Å². The Morgan fingerprint density at radius 2 is 0.938 bits per heavy atom. The summed E-state index contributed by atoms with van der Waals surface area (Å²) in [5.41, 5.74) is 1.78. The second-order valence-electron chi connectivity index (χ2n) is 15.4. The number of hydrogen-bond donors (Lipinski definition) is 2. The van der Waals surface area contributed by atoms with Crippen molar-refractivity contribution in [3.63, 3.8) is 0 Å². The first-order valence-electron chi connectivity index (χ1n) is 18.6. The molecule has 0 unspecified atom stereocenters. The zero-order valence-corrected chi connectivity index (χ0v) is 34.4. The standard InChI is InChI=1S/C20H37NO4Si.C16H34O2Si.CH4.HNS/c1-17(2)26(3,4)16-12-10-8-6-5-7-9-11-13-20(24)25-21-18(22)14-15-19(21)23;1-15(2)19(3,4)14-12-10-8-6-5-7-9-11-13-16(17)18;;1-2/h17H,5-16H2,1-4H3;15H,5-14H2,1-4H3,(H,17,18);1H4;1H. The SMILES string of the molecule is C.CC(C)[Si](C)(C)CCCCCCCCCCC(=O)O.CC(C)[Si](C)(C)CCCCCCCCCCC(=O)ON1C(=O)CCC1=O.N=S. The van der Waals surface area contributed by atoms with Gasteiger partial charge in [0.05, 0.1) is 0 Å². The van der Waals surface area contributed by atoms with Gasteiger partial charge in [0.2, 0.25) is 0 Å². The monoisotopic (exact) mass is 732 g/mol. The fourth-order valence-corrected chi connectivity index (χ4v) is 8.69. The van der Waals surface area contributed by atoms with Crippen LogP contribution in [0.3, 0.4) is 0 Å². The van der Waals surface area contributed by atoms with Crippen molar-refractivity contribution < 1.29 is 29.1 Å². The number of hydrogen-bond acceptors (Lipinski definition) is 7. The third-order valence-electron chi connectivity index (χ3n) is 10.2. The molecule has 284 valence electrons. The van der Waals surface area contributed by atoms with E-state index in [9.17, 15) is 19.2 Å². The molecule has 8 nitrogen and oxygen atoms in total. The average molecular weight is 733 g/mol. The minimum atomic E-state index is -0.989. The molecular formula is C37H76N2O6SSi2. The summed E-state index contributed by atoms with van der Waals surface area (Å²) in [4.78, 5) is 49.6. The highest BCUT2D eigenvalue weighted by molar-refractivity contribution is 7.45. The lowest BCUT2D eigenvalue weighted by molar-refractivity contribution is -0.197. The summed E-state index contributed by atoms with van der Waals surface area (Å²) in [6.07, 6.45) is 20.2. The van der Waals surface area contributed by atoms with Crippen molar-refractivity contribution in [1.29, 1.82) is 4.78 Å². The maximum absolute atomic E-state index is 11.7. The maximum atomic E-state index is 11.7. The number of hydroxylamine groups is 2. The quantitative estimate of drug-likeness (QED) is 0.0543. The molecule has 11 heteroatoms. The summed E-state index contributed by atoms with van der Waals surface area (Å²) < 4.78 is 5.33. The Balaban J connectivity index is -0.000000821. The van der Waals surface area contributed by atoms with E-state index in [0.717, 1.165) is 43.2 Å². The number of imide groups is 1. The first kappa shape index (κ1) is 50.9. The number of nitrogens with one attached hydrogen (secondary N) is 1. The second-order valence-corrected chi connectivity index (χ2v) is 26.6. The van der Waals surface area contributed by atoms with E-state index in [0.29, 0.717) is 11.5 Å². The van der Waals surface area contributed by atoms with Gasteiger partial charge >= 0.3 is 11.9 Å². The molecule has 0 aromatic rings. The summed E-state index contributed by atoms with van der Waals surface area (Å²) in [6, 6.07) is 2.91. The van der Waals surface area contributed by atoms with E-state index in [2.05, 4.69) is 66.3 Å². The van der Waals surface area contributed by atoms with Crippen LogP contribution in [0.5, 0.6) is 0 Å². The van der Waals surface area contributed by atoms with Gasteiger partial charge in [0.1, 0.15) is 0 Å². The predicted molar refractivity (Wildman–Crippen MR) is 210 cm³/mol. The number of rotatable bonds is 25. The van der Waals surface area contributed by atoms with Crippen LogP contribution in [-0.4, -0.2) is 50.1 Å². The number of carboxylic acids is 1. The number of amides is 2. The average Bonchev–Trinajstić information content (AvgIpc) is 3.32. The van der Waals surface area contributed by atoms with Crippen LogP contribution < -0.4 is 0 Å². The molecule has 0 aromatic heterocycles. The van der Waals surface area contributed by atoms with Crippen LogP contribution in [0.1, 0.15) is 164 Å². The van der Waals surface area contributed by atoms with Crippen LogP contribution >= 0.6 is 0 Å². The summed E-state index contributed by atoms with van der Waals surface area (Å²) in [6.45, 7) is 19.5. The molecule has 0 atom stereocenters. The number of aliphatic carboxylic acids is 1. The largest absolute Gasteiger partial charge is 0.481 e. The lowest BCUT2D eigenvalue weighted by Crippen LogP contribution is -2.31. The summed E-state index contributed by atoms with van der Waals surface area (Å²) >= 11 is 3.33. The van der Waals surface area contributed by atoms with Crippen LogP contribution in [0, 0.1) is 4.78 Å². The van der Waals surface area contributed by atoms with Crippen LogP contribution in [0.25, 0.3) is 0 Å². The van der Waals surface area contributed by atoms with E-state index in [4.69, 9.17) is 14.7 Å². The second kappa shape index (κ2) is 30.4. The van der Waals surface area contributed by atoms with Crippen molar-refractivity contribution in [3.8, 4) is 0 Å². The number of nitrogens with zero attached hydrogens (tertiary/aromatic N) is 1. The third-order valence-corrected chi connectivity index (χ3v) is 19.8. The van der Waals surface area contributed by atoms with E-state index in [-0.39, 0.29) is 26.7 Å². The topological polar surface area (TPSA) is 125 Å².